The lowest BCUT2D eigenvalue weighted by atomic mass is 10.3. The van der Waals surface area contributed by atoms with Gasteiger partial charge in [-0.05, 0) is 20.8 Å². The van der Waals surface area contributed by atoms with Crippen molar-refractivity contribution < 1.29 is 19.4 Å². The highest BCUT2D eigenvalue weighted by Gasteiger charge is 2.16. The molecular formula is C7H12O4. The molecular weight excluding hydrogens is 148 g/mol. The topological polar surface area (TPSA) is 63.6 Å². The third-order valence-electron chi connectivity index (χ3n) is 1.21. The third-order valence-corrected chi connectivity index (χ3v) is 1.21. The number of Topliss-reactive ketones (excluding diaryl/α,β-unsaturated/α-hetero) is 1. The highest BCUT2D eigenvalue weighted by atomic mass is 16.6. The Morgan fingerprint density at radius 3 is 2.09 bits per heavy atom. The van der Waals surface area contributed by atoms with E-state index in [4.69, 9.17) is 5.11 Å². The maximum Gasteiger partial charge on any atom is 0.335 e. The highest BCUT2D eigenvalue weighted by molar-refractivity contribution is 5.84. The van der Waals surface area contributed by atoms with Gasteiger partial charge in [-0.2, -0.15) is 0 Å². The van der Waals surface area contributed by atoms with Gasteiger partial charge in [-0.15, -0.1) is 0 Å². The Kier molecular flexibility index (Phi) is 3.74. The van der Waals surface area contributed by atoms with Gasteiger partial charge in [0, 0.05) is 0 Å². The number of ketones is 1. The van der Waals surface area contributed by atoms with Crippen molar-refractivity contribution in [3.63, 3.8) is 0 Å². The van der Waals surface area contributed by atoms with E-state index in [-0.39, 0.29) is 5.78 Å². The molecule has 0 radical (unpaired) electrons. The molecule has 0 heterocycles. The Morgan fingerprint density at radius 1 is 1.36 bits per heavy atom. The molecule has 0 saturated heterocycles. The fourth-order valence-corrected chi connectivity index (χ4v) is 0.356. The summed E-state index contributed by atoms with van der Waals surface area (Å²) in [4.78, 5) is 21.2. The second-order valence-corrected chi connectivity index (χ2v) is 2.37. The van der Waals surface area contributed by atoms with Crippen LogP contribution in [0.2, 0.25) is 0 Å². The second kappa shape index (κ2) is 4.08. The summed E-state index contributed by atoms with van der Waals surface area (Å²) >= 11 is 0. The molecule has 2 atom stereocenters. The van der Waals surface area contributed by atoms with Crippen LogP contribution >= 0.6 is 0 Å². The first-order chi connectivity index (χ1) is 4.95. The van der Waals surface area contributed by atoms with Crippen molar-refractivity contribution in [2.75, 3.05) is 0 Å². The number of aliphatic hydroxyl groups is 1. The number of aliphatic hydroxyl groups excluding tert-OH is 1. The lowest BCUT2D eigenvalue weighted by Crippen LogP contribution is -2.27. The van der Waals surface area contributed by atoms with Crippen LogP contribution in [0.1, 0.15) is 20.8 Å². The predicted molar refractivity (Wildman–Crippen MR) is 37.9 cm³/mol. The molecule has 11 heavy (non-hydrogen) atoms. The van der Waals surface area contributed by atoms with Gasteiger partial charge in [0.1, 0.15) is 6.10 Å². The SMILES string of the molecule is CC(=O)[C@@H](C)OC(=O)[C@H](C)O. The molecule has 64 valence electrons. The Balaban J connectivity index is 3.85. The maximum atomic E-state index is 10.6. The zero-order chi connectivity index (χ0) is 9.02. The van der Waals surface area contributed by atoms with E-state index in [1.54, 1.807) is 0 Å². The van der Waals surface area contributed by atoms with Gasteiger partial charge >= 0.3 is 5.97 Å². The van der Waals surface area contributed by atoms with Crippen molar-refractivity contribution in [1.82, 2.24) is 0 Å². The molecule has 0 bridgehead atoms. The first-order valence-corrected chi connectivity index (χ1v) is 3.34. The first kappa shape index (κ1) is 10.1. The second-order valence-electron chi connectivity index (χ2n) is 2.37. The molecule has 0 saturated carbocycles. The van der Waals surface area contributed by atoms with Crippen molar-refractivity contribution in [2.24, 2.45) is 0 Å². The van der Waals surface area contributed by atoms with Crippen LogP contribution in [0.3, 0.4) is 0 Å². The molecule has 0 fully saturated rings. The predicted octanol–water partition coefficient (Wildman–Crippen LogP) is -0.112. The minimum Gasteiger partial charge on any atom is -0.453 e. The van der Waals surface area contributed by atoms with Crippen molar-refractivity contribution in [1.29, 1.82) is 0 Å². The Bertz CT molecular complexity index is 162. The summed E-state index contributed by atoms with van der Waals surface area (Å²) in [6.45, 7) is 4.07. The van der Waals surface area contributed by atoms with Gasteiger partial charge in [-0.1, -0.05) is 0 Å². The van der Waals surface area contributed by atoms with Gasteiger partial charge in [0.15, 0.2) is 11.9 Å². The zero-order valence-electron chi connectivity index (χ0n) is 6.83. The number of carbonyl (C=O) groups is 2. The molecule has 0 rings (SSSR count). The van der Waals surface area contributed by atoms with E-state index in [9.17, 15) is 9.59 Å². The van der Waals surface area contributed by atoms with Crippen LogP contribution in [0.15, 0.2) is 0 Å². The molecule has 0 aliphatic carbocycles. The molecule has 0 spiro atoms. The lowest BCUT2D eigenvalue weighted by Gasteiger charge is -2.10. The van der Waals surface area contributed by atoms with Gasteiger partial charge in [0.25, 0.3) is 0 Å². The number of esters is 1. The van der Waals surface area contributed by atoms with E-state index in [1.165, 1.54) is 20.8 Å². The first-order valence-electron chi connectivity index (χ1n) is 3.34. The number of rotatable bonds is 3. The number of hydrogen-bond donors (Lipinski definition) is 1. The van der Waals surface area contributed by atoms with Gasteiger partial charge < -0.3 is 9.84 Å². The lowest BCUT2D eigenvalue weighted by molar-refractivity contribution is -0.160. The molecule has 4 nitrogen and oxygen atoms in total. The molecule has 0 aromatic rings. The van der Waals surface area contributed by atoms with Gasteiger partial charge in [-0.25, -0.2) is 4.79 Å². The van der Waals surface area contributed by atoms with Crippen molar-refractivity contribution in [3.05, 3.63) is 0 Å². The van der Waals surface area contributed by atoms with Crippen LogP contribution in [-0.2, 0) is 14.3 Å². The van der Waals surface area contributed by atoms with E-state index in [0.717, 1.165) is 0 Å². The normalized spacial score (nSPS) is 15.3. The van der Waals surface area contributed by atoms with Crippen molar-refractivity contribution in [3.8, 4) is 0 Å². The van der Waals surface area contributed by atoms with Crippen LogP contribution < -0.4 is 0 Å². The van der Waals surface area contributed by atoms with Gasteiger partial charge in [0.2, 0.25) is 0 Å². The number of carbonyl (C=O) groups excluding carboxylic acids is 2. The fraction of sp³-hybridized carbons (Fsp3) is 0.714. The number of hydrogen-bond acceptors (Lipinski definition) is 4. The quantitative estimate of drug-likeness (QED) is 0.585. The third kappa shape index (κ3) is 3.72. The van der Waals surface area contributed by atoms with E-state index in [1.807, 2.05) is 0 Å². The molecule has 0 aliphatic rings. The number of ether oxygens (including phenoxy) is 1. The Labute approximate surface area is 65.2 Å². The van der Waals surface area contributed by atoms with Crippen LogP contribution in [0.4, 0.5) is 0 Å². The largest absolute Gasteiger partial charge is 0.453 e. The Morgan fingerprint density at radius 2 is 1.82 bits per heavy atom. The van der Waals surface area contributed by atoms with Crippen LogP contribution in [-0.4, -0.2) is 29.1 Å². The molecule has 4 heteroatoms. The van der Waals surface area contributed by atoms with Gasteiger partial charge in [-0.3, -0.25) is 4.79 Å². The average molecular weight is 160 g/mol. The summed E-state index contributed by atoms with van der Waals surface area (Å²) in [6, 6.07) is 0. The summed E-state index contributed by atoms with van der Waals surface area (Å²) in [6.07, 6.45) is -1.94. The molecule has 0 unspecified atom stereocenters. The molecule has 0 amide bonds. The standard InChI is InChI=1S/C7H12O4/c1-4(8)6(3)11-7(10)5(2)9/h5-6,9H,1-3H3/t5-,6+/m0/s1. The van der Waals surface area contributed by atoms with E-state index < -0.39 is 18.2 Å². The Hall–Kier alpha value is -0.900. The summed E-state index contributed by atoms with van der Waals surface area (Å²) in [5, 5.41) is 8.67. The summed E-state index contributed by atoms with van der Waals surface area (Å²) in [5.41, 5.74) is 0. The summed E-state index contributed by atoms with van der Waals surface area (Å²) in [7, 11) is 0. The van der Waals surface area contributed by atoms with Crippen molar-refractivity contribution in [2.45, 2.75) is 33.0 Å². The molecule has 0 aromatic carbocycles. The smallest absolute Gasteiger partial charge is 0.335 e. The van der Waals surface area contributed by atoms with Crippen molar-refractivity contribution >= 4 is 11.8 Å². The fourth-order valence-electron chi connectivity index (χ4n) is 0.356. The molecule has 0 aromatic heterocycles. The summed E-state index contributed by atoms with van der Waals surface area (Å²) < 4.78 is 4.53. The maximum absolute atomic E-state index is 10.6. The summed E-state index contributed by atoms with van der Waals surface area (Å²) in [5.74, 6) is -1.01. The van der Waals surface area contributed by atoms with E-state index in [0.29, 0.717) is 0 Å². The van der Waals surface area contributed by atoms with Crippen LogP contribution in [0, 0.1) is 0 Å². The minimum atomic E-state index is -1.17. The highest BCUT2D eigenvalue weighted by Crippen LogP contribution is 1.95. The molecule has 1 N–H and O–H groups in total. The monoisotopic (exact) mass is 160 g/mol. The van der Waals surface area contributed by atoms with E-state index >= 15 is 0 Å². The van der Waals surface area contributed by atoms with Crippen LogP contribution in [0.25, 0.3) is 0 Å². The van der Waals surface area contributed by atoms with Gasteiger partial charge in [0.05, 0.1) is 0 Å². The average Bonchev–Trinajstić information content (AvgIpc) is 1.87. The zero-order valence-corrected chi connectivity index (χ0v) is 6.83. The van der Waals surface area contributed by atoms with E-state index in [2.05, 4.69) is 4.74 Å². The van der Waals surface area contributed by atoms with Crippen LogP contribution in [0.5, 0.6) is 0 Å². The minimum absolute atomic E-state index is 0.237. The molecule has 0 aliphatic heterocycles.